The van der Waals surface area contributed by atoms with E-state index in [4.69, 9.17) is 9.47 Å². The van der Waals surface area contributed by atoms with Crippen LogP contribution in [0.1, 0.15) is 12.0 Å². The number of benzene rings is 2. The van der Waals surface area contributed by atoms with E-state index in [9.17, 15) is 0 Å². The first-order chi connectivity index (χ1) is 12.8. The maximum Gasteiger partial charge on any atom is 0.323 e. The van der Waals surface area contributed by atoms with E-state index in [1.165, 1.54) is 34.1 Å². The Balaban J connectivity index is 1.64. The zero-order valence-electron chi connectivity index (χ0n) is 14.8. The summed E-state index contributed by atoms with van der Waals surface area (Å²) in [6, 6.07) is 15.0. The molecule has 0 saturated carbocycles. The molecule has 132 valence electrons. The van der Waals surface area contributed by atoms with E-state index in [-0.39, 0.29) is 0 Å². The number of thioether (sulfide) groups is 1. The lowest BCUT2D eigenvalue weighted by atomic mass is 10.1. The van der Waals surface area contributed by atoms with Crippen molar-refractivity contribution >= 4 is 11.8 Å². The number of hydrogen-bond donors (Lipinski definition) is 0. The maximum atomic E-state index is 5.79. The van der Waals surface area contributed by atoms with Crippen molar-refractivity contribution in [2.45, 2.75) is 25.0 Å². The second-order valence-corrected chi connectivity index (χ2v) is 7.78. The van der Waals surface area contributed by atoms with Gasteiger partial charge in [0.25, 0.3) is 0 Å². The smallest absolute Gasteiger partial charge is 0.323 e. The van der Waals surface area contributed by atoms with Gasteiger partial charge >= 0.3 is 5.16 Å². The van der Waals surface area contributed by atoms with Crippen molar-refractivity contribution < 1.29 is 14.0 Å². The third-order valence-electron chi connectivity index (χ3n) is 4.89. The summed E-state index contributed by atoms with van der Waals surface area (Å²) in [6.07, 6.45) is 3.45. The minimum atomic E-state index is 0.613. The van der Waals surface area contributed by atoms with Crippen molar-refractivity contribution in [2.24, 2.45) is 0 Å². The van der Waals surface area contributed by atoms with Crippen LogP contribution in [0.5, 0.6) is 11.5 Å². The number of imidazole rings is 1. The van der Waals surface area contributed by atoms with Crippen molar-refractivity contribution in [2.75, 3.05) is 19.0 Å². The Morgan fingerprint density at radius 1 is 1.00 bits per heavy atom. The maximum absolute atomic E-state index is 5.79. The molecular weight excluding hydrogens is 344 g/mol. The van der Waals surface area contributed by atoms with E-state index in [2.05, 4.69) is 58.7 Å². The van der Waals surface area contributed by atoms with Gasteiger partial charge in [0.05, 0.1) is 6.54 Å². The minimum Gasteiger partial charge on any atom is -0.486 e. The summed E-state index contributed by atoms with van der Waals surface area (Å²) in [5, 5.41) is 1.30. The molecule has 3 aromatic rings. The molecule has 26 heavy (non-hydrogen) atoms. The third kappa shape index (κ3) is 2.67. The molecule has 0 aliphatic carbocycles. The molecule has 0 saturated heterocycles. The van der Waals surface area contributed by atoms with Crippen LogP contribution in [-0.2, 0) is 6.54 Å². The van der Waals surface area contributed by atoms with Gasteiger partial charge in [0.2, 0.25) is 0 Å². The van der Waals surface area contributed by atoms with Crippen LogP contribution in [-0.4, -0.2) is 23.5 Å². The van der Waals surface area contributed by atoms with E-state index < -0.39 is 0 Å². The summed E-state index contributed by atoms with van der Waals surface area (Å²) in [5.41, 5.74) is 4.88. The second kappa shape index (κ2) is 6.40. The van der Waals surface area contributed by atoms with Gasteiger partial charge in [-0.2, -0.15) is 4.57 Å². The molecule has 0 radical (unpaired) electrons. The molecule has 2 aromatic carbocycles. The summed E-state index contributed by atoms with van der Waals surface area (Å²) in [4.78, 5) is 0. The largest absolute Gasteiger partial charge is 0.486 e. The highest BCUT2D eigenvalue weighted by Crippen LogP contribution is 2.35. The highest BCUT2D eigenvalue weighted by atomic mass is 32.2. The zero-order chi connectivity index (χ0) is 17.5. The molecule has 5 heteroatoms. The summed E-state index contributed by atoms with van der Waals surface area (Å²) in [5.74, 6) is 2.84. The van der Waals surface area contributed by atoms with Gasteiger partial charge in [-0.25, -0.2) is 4.57 Å². The number of nitrogens with zero attached hydrogens (tertiary/aromatic N) is 2. The Hall–Kier alpha value is -2.40. The first-order valence-corrected chi connectivity index (χ1v) is 10.0. The fraction of sp³-hybridized carbons (Fsp3) is 0.286. The molecule has 0 unspecified atom stereocenters. The van der Waals surface area contributed by atoms with Crippen LogP contribution in [0.3, 0.4) is 0 Å². The number of ether oxygens (including phenoxy) is 2. The topological polar surface area (TPSA) is 27.3 Å². The van der Waals surface area contributed by atoms with E-state index in [0.717, 1.165) is 23.8 Å². The molecule has 3 heterocycles. The van der Waals surface area contributed by atoms with Gasteiger partial charge in [0.1, 0.15) is 25.1 Å². The Kier molecular flexibility index (Phi) is 3.89. The average Bonchev–Trinajstić information content (AvgIpc) is 3.08. The monoisotopic (exact) mass is 365 g/mol. The number of fused-ring (bicyclic) bond motifs is 2. The highest BCUT2D eigenvalue weighted by Gasteiger charge is 2.29. The van der Waals surface area contributed by atoms with Crippen LogP contribution in [0.4, 0.5) is 0 Å². The van der Waals surface area contributed by atoms with E-state index in [1.54, 1.807) is 0 Å². The number of aryl methyl sites for hydroxylation is 1. The van der Waals surface area contributed by atoms with Gasteiger partial charge in [-0.15, -0.1) is 0 Å². The molecule has 0 bridgehead atoms. The van der Waals surface area contributed by atoms with Gasteiger partial charge in [-0.05, 0) is 55.4 Å². The Morgan fingerprint density at radius 3 is 2.65 bits per heavy atom. The van der Waals surface area contributed by atoms with Crippen LogP contribution >= 0.6 is 11.8 Å². The lowest BCUT2D eigenvalue weighted by Gasteiger charge is -2.18. The summed E-state index contributed by atoms with van der Waals surface area (Å²) < 4.78 is 16.2. The summed E-state index contributed by atoms with van der Waals surface area (Å²) in [6.45, 7) is 4.41. The van der Waals surface area contributed by atoms with Gasteiger partial charge in [0.15, 0.2) is 17.2 Å². The SMILES string of the molecule is Cc1ccc(-n2cc(-c3ccc4c(c3)OCCO4)[n+]3c2SCCC3)cc1. The normalized spacial score (nSPS) is 15.6. The van der Waals surface area contributed by atoms with Crippen molar-refractivity contribution in [3.63, 3.8) is 0 Å². The third-order valence-corrected chi connectivity index (χ3v) is 6.05. The molecular formula is C21H21N2O2S+. The van der Waals surface area contributed by atoms with Crippen LogP contribution < -0.4 is 14.0 Å². The molecule has 0 fully saturated rings. The molecule has 2 aliphatic heterocycles. The average molecular weight is 365 g/mol. The van der Waals surface area contributed by atoms with Gasteiger partial charge in [-0.3, -0.25) is 0 Å². The summed E-state index contributed by atoms with van der Waals surface area (Å²) >= 11 is 1.93. The molecule has 0 atom stereocenters. The zero-order valence-corrected chi connectivity index (χ0v) is 15.6. The van der Waals surface area contributed by atoms with Crippen molar-refractivity contribution in [3.8, 4) is 28.4 Å². The van der Waals surface area contributed by atoms with E-state index in [0.29, 0.717) is 13.2 Å². The summed E-state index contributed by atoms with van der Waals surface area (Å²) in [7, 11) is 0. The lowest BCUT2D eigenvalue weighted by molar-refractivity contribution is -0.724. The van der Waals surface area contributed by atoms with Crippen molar-refractivity contribution in [1.29, 1.82) is 0 Å². The first-order valence-electron chi connectivity index (χ1n) is 9.05. The van der Waals surface area contributed by atoms with Gasteiger partial charge in [0, 0.05) is 11.3 Å². The van der Waals surface area contributed by atoms with Crippen LogP contribution in [0.2, 0.25) is 0 Å². The predicted molar refractivity (Wildman–Crippen MR) is 102 cm³/mol. The number of rotatable bonds is 2. The first kappa shape index (κ1) is 15.8. The molecule has 2 aliphatic rings. The van der Waals surface area contributed by atoms with Crippen molar-refractivity contribution in [1.82, 2.24) is 4.57 Å². The van der Waals surface area contributed by atoms with E-state index in [1.807, 2.05) is 17.8 Å². The number of hydrogen-bond acceptors (Lipinski definition) is 3. The predicted octanol–water partition coefficient (Wildman–Crippen LogP) is 4.01. The molecule has 0 spiro atoms. The van der Waals surface area contributed by atoms with Crippen LogP contribution in [0, 0.1) is 6.92 Å². The van der Waals surface area contributed by atoms with Crippen LogP contribution in [0.25, 0.3) is 16.9 Å². The standard InChI is InChI=1S/C21H21N2O2S/c1-15-3-6-17(7-4-15)23-14-18(22-9-2-12-26-21(22)23)16-5-8-19-20(13-16)25-11-10-24-19/h3-8,13-14H,2,9-12H2,1H3/q+1. The van der Waals surface area contributed by atoms with E-state index >= 15 is 0 Å². The van der Waals surface area contributed by atoms with Crippen molar-refractivity contribution in [3.05, 3.63) is 54.2 Å². The highest BCUT2D eigenvalue weighted by molar-refractivity contribution is 7.99. The molecule has 4 nitrogen and oxygen atoms in total. The second-order valence-electron chi connectivity index (χ2n) is 6.71. The van der Waals surface area contributed by atoms with Gasteiger partial charge < -0.3 is 9.47 Å². The minimum absolute atomic E-state index is 0.613. The Labute approximate surface area is 157 Å². The molecule has 5 rings (SSSR count). The quantitative estimate of drug-likeness (QED) is 0.642. The van der Waals surface area contributed by atoms with Crippen LogP contribution in [0.15, 0.2) is 53.8 Å². The molecule has 0 amide bonds. The lowest BCUT2D eigenvalue weighted by Crippen LogP contribution is -2.40. The Morgan fingerprint density at radius 2 is 1.81 bits per heavy atom. The van der Waals surface area contributed by atoms with Gasteiger partial charge in [-0.1, -0.05) is 17.7 Å². The fourth-order valence-corrected chi connectivity index (χ4v) is 4.65. The number of aromatic nitrogens is 2. The molecule has 0 N–H and O–H groups in total. The Bertz CT molecular complexity index is 963. The fourth-order valence-electron chi connectivity index (χ4n) is 3.55. The molecule has 1 aromatic heterocycles.